The third-order valence-corrected chi connectivity index (χ3v) is 5.63. The third-order valence-electron chi connectivity index (χ3n) is 5.63. The molecule has 0 amide bonds. The van der Waals surface area contributed by atoms with Gasteiger partial charge in [-0.25, -0.2) is 0 Å². The minimum atomic E-state index is 0.339. The summed E-state index contributed by atoms with van der Waals surface area (Å²) in [5, 5.41) is 0. The van der Waals surface area contributed by atoms with Crippen LogP contribution < -0.4 is 0 Å². The van der Waals surface area contributed by atoms with E-state index >= 15 is 0 Å². The molecule has 0 aliphatic heterocycles. The van der Waals surface area contributed by atoms with Gasteiger partial charge in [0.05, 0.1) is 0 Å². The summed E-state index contributed by atoms with van der Waals surface area (Å²) in [5.41, 5.74) is 0.945. The molecule has 0 heterocycles. The number of hydrogen-bond acceptors (Lipinski definition) is 1. The van der Waals surface area contributed by atoms with Gasteiger partial charge in [-0.05, 0) is 62.5 Å². The van der Waals surface area contributed by atoms with Crippen LogP contribution in [-0.2, 0) is 0 Å². The minimum absolute atomic E-state index is 0.339. The van der Waals surface area contributed by atoms with Gasteiger partial charge in [-0.1, -0.05) is 39.5 Å². The van der Waals surface area contributed by atoms with Gasteiger partial charge < -0.3 is 0 Å². The predicted molar refractivity (Wildman–Crippen MR) is 92.6 cm³/mol. The Morgan fingerprint density at radius 3 is 2.62 bits per heavy atom. The smallest absolute Gasteiger partial charge is 0.0398 e. The van der Waals surface area contributed by atoms with Crippen LogP contribution in [0.25, 0.3) is 0 Å². The Morgan fingerprint density at radius 2 is 2.05 bits per heavy atom. The molecule has 2 aliphatic rings. The van der Waals surface area contributed by atoms with Crippen molar-refractivity contribution < 1.29 is 0 Å². The second-order valence-electron chi connectivity index (χ2n) is 7.94. The Labute approximate surface area is 132 Å². The van der Waals surface area contributed by atoms with Crippen molar-refractivity contribution in [1.82, 2.24) is 0 Å². The summed E-state index contributed by atoms with van der Waals surface area (Å²) in [6.45, 7) is 10.5. The Bertz CT molecular complexity index is 427. The van der Waals surface area contributed by atoms with Gasteiger partial charge >= 0.3 is 0 Å². The molecule has 4 unspecified atom stereocenters. The van der Waals surface area contributed by atoms with Crippen LogP contribution in [0.2, 0.25) is 0 Å². The molecule has 0 aromatic carbocycles. The molecule has 4 atom stereocenters. The summed E-state index contributed by atoms with van der Waals surface area (Å²) in [6, 6.07) is 0. The van der Waals surface area contributed by atoms with Crippen LogP contribution in [0.4, 0.5) is 0 Å². The number of rotatable bonds is 10. The fourth-order valence-corrected chi connectivity index (χ4v) is 3.92. The highest BCUT2D eigenvalue weighted by molar-refractivity contribution is 5.56. The summed E-state index contributed by atoms with van der Waals surface area (Å²) in [6.07, 6.45) is 12.3. The van der Waals surface area contributed by atoms with Gasteiger partial charge in [0.1, 0.15) is 0 Å². The number of hydrogen-bond donors (Lipinski definition) is 0. The van der Waals surface area contributed by atoms with Crippen molar-refractivity contribution in [2.45, 2.75) is 79.1 Å². The quantitative estimate of drug-likeness (QED) is 0.372. The first kappa shape index (κ1) is 16.6. The monoisotopic (exact) mass is 287 g/mol. The van der Waals surface area contributed by atoms with Crippen molar-refractivity contribution in [1.29, 1.82) is 0 Å². The van der Waals surface area contributed by atoms with Crippen LogP contribution in [-0.4, -0.2) is 12.8 Å². The van der Waals surface area contributed by atoms with Gasteiger partial charge in [-0.3, -0.25) is 4.99 Å². The first-order valence-corrected chi connectivity index (χ1v) is 8.99. The summed E-state index contributed by atoms with van der Waals surface area (Å²) >= 11 is 0. The average Bonchev–Trinajstić information content (AvgIpc) is 3.06. The van der Waals surface area contributed by atoms with Crippen LogP contribution in [0.3, 0.4) is 0 Å². The zero-order valence-electron chi connectivity index (χ0n) is 14.5. The Balaban J connectivity index is 1.71. The normalized spacial score (nSPS) is 35.1. The molecule has 2 rings (SSSR count). The standard InChI is InChI=1S/C20H33N/c1-5-7-12-21-13-9-18-16-20(18,4)15-17(6-2)14-19(3)10-8-11-19/h12,17-18H,5-7,9-10,13-16H2,1-4H3/b21-12+. The molecule has 0 bridgehead atoms. The lowest BCUT2D eigenvalue weighted by Crippen LogP contribution is -2.24. The van der Waals surface area contributed by atoms with Crippen molar-refractivity contribution in [3.05, 3.63) is 0 Å². The summed E-state index contributed by atoms with van der Waals surface area (Å²) in [4.78, 5) is 4.54. The maximum absolute atomic E-state index is 4.54. The SMILES string of the molecule is CCC/C=N/CCC1CC1(C)CC(CC)CC1(C)C#CC1. The highest BCUT2D eigenvalue weighted by Crippen LogP contribution is 2.59. The fraction of sp³-hybridized carbons (Fsp3) is 0.850. The van der Waals surface area contributed by atoms with E-state index in [0.29, 0.717) is 10.8 Å². The van der Waals surface area contributed by atoms with E-state index < -0.39 is 0 Å². The zero-order valence-corrected chi connectivity index (χ0v) is 14.5. The third kappa shape index (κ3) is 4.60. The molecule has 0 spiro atoms. The maximum atomic E-state index is 4.54. The molecule has 1 heteroatoms. The van der Waals surface area contributed by atoms with E-state index in [1.807, 2.05) is 0 Å². The first-order chi connectivity index (χ1) is 10.0. The number of unbranched alkanes of at least 4 members (excludes halogenated alkanes) is 1. The molecule has 118 valence electrons. The molecular weight excluding hydrogens is 254 g/mol. The van der Waals surface area contributed by atoms with Gasteiger partial charge in [-0.2, -0.15) is 0 Å². The van der Waals surface area contributed by atoms with Gasteiger partial charge in [-0.15, -0.1) is 5.92 Å². The van der Waals surface area contributed by atoms with Crippen molar-refractivity contribution in [2.24, 2.45) is 27.7 Å². The second kappa shape index (κ2) is 6.99. The molecule has 0 aromatic heterocycles. The molecule has 1 saturated carbocycles. The molecule has 1 nitrogen and oxygen atoms in total. The van der Waals surface area contributed by atoms with Gasteiger partial charge in [0, 0.05) is 18.4 Å². The lowest BCUT2D eigenvalue weighted by Gasteiger charge is -2.32. The highest BCUT2D eigenvalue weighted by atomic mass is 14.7. The maximum Gasteiger partial charge on any atom is 0.0398 e. The first-order valence-electron chi connectivity index (χ1n) is 8.99. The summed E-state index contributed by atoms with van der Waals surface area (Å²) in [7, 11) is 0. The van der Waals surface area contributed by atoms with Crippen LogP contribution in [0.5, 0.6) is 0 Å². The average molecular weight is 287 g/mol. The van der Waals surface area contributed by atoms with Crippen LogP contribution in [0.15, 0.2) is 4.99 Å². The second-order valence-corrected chi connectivity index (χ2v) is 7.94. The zero-order chi connectivity index (χ0) is 15.3. The number of aliphatic imine (C=N–C) groups is 1. The molecule has 21 heavy (non-hydrogen) atoms. The topological polar surface area (TPSA) is 12.4 Å². The molecule has 2 aliphatic carbocycles. The Hall–Kier alpha value is -0.770. The van der Waals surface area contributed by atoms with E-state index in [2.05, 4.69) is 50.7 Å². The van der Waals surface area contributed by atoms with Crippen molar-refractivity contribution in [3.63, 3.8) is 0 Å². The van der Waals surface area contributed by atoms with Gasteiger partial charge in [0.2, 0.25) is 0 Å². The van der Waals surface area contributed by atoms with E-state index in [-0.39, 0.29) is 0 Å². The van der Waals surface area contributed by atoms with Crippen LogP contribution in [0, 0.1) is 34.5 Å². The summed E-state index contributed by atoms with van der Waals surface area (Å²) in [5.74, 6) is 8.37. The fourth-order valence-electron chi connectivity index (χ4n) is 3.92. The van der Waals surface area contributed by atoms with E-state index in [9.17, 15) is 0 Å². The van der Waals surface area contributed by atoms with Gasteiger partial charge in [0.15, 0.2) is 0 Å². The van der Waals surface area contributed by atoms with Crippen molar-refractivity contribution >= 4 is 6.21 Å². The van der Waals surface area contributed by atoms with E-state index in [0.717, 1.165) is 31.2 Å². The Morgan fingerprint density at radius 1 is 1.29 bits per heavy atom. The van der Waals surface area contributed by atoms with E-state index in [1.54, 1.807) is 0 Å². The Kier molecular flexibility index (Phi) is 5.53. The van der Waals surface area contributed by atoms with Crippen molar-refractivity contribution in [2.75, 3.05) is 6.54 Å². The number of nitrogens with zero attached hydrogens (tertiary/aromatic N) is 1. The van der Waals surface area contributed by atoms with E-state index in [4.69, 9.17) is 0 Å². The minimum Gasteiger partial charge on any atom is -0.298 e. The molecule has 0 radical (unpaired) electrons. The molecule has 1 fully saturated rings. The molecule has 0 saturated heterocycles. The summed E-state index contributed by atoms with van der Waals surface area (Å²) < 4.78 is 0. The predicted octanol–water partition coefficient (Wildman–Crippen LogP) is 5.49. The molecule has 0 aromatic rings. The largest absolute Gasteiger partial charge is 0.298 e. The molecule has 0 N–H and O–H groups in total. The van der Waals surface area contributed by atoms with Crippen LogP contribution in [0.1, 0.15) is 79.1 Å². The van der Waals surface area contributed by atoms with Crippen molar-refractivity contribution in [3.8, 4) is 11.8 Å². The lowest BCUT2D eigenvalue weighted by molar-refractivity contribution is 0.247. The van der Waals surface area contributed by atoms with Gasteiger partial charge in [0.25, 0.3) is 0 Å². The van der Waals surface area contributed by atoms with E-state index in [1.165, 1.54) is 38.5 Å². The molecular formula is C20H33N. The lowest BCUT2D eigenvalue weighted by atomic mass is 9.71. The van der Waals surface area contributed by atoms with Crippen LogP contribution >= 0.6 is 0 Å². The highest BCUT2D eigenvalue weighted by Gasteiger charge is 2.50.